The zero-order valence-corrected chi connectivity index (χ0v) is 14.2. The van der Waals surface area contributed by atoms with E-state index < -0.39 is 0 Å². The third-order valence-electron chi connectivity index (χ3n) is 3.86. The number of hydrogen-bond donors (Lipinski definition) is 0. The second kappa shape index (κ2) is 6.21. The van der Waals surface area contributed by atoms with Crippen LogP contribution in [0.1, 0.15) is 22.1 Å². The van der Waals surface area contributed by atoms with E-state index in [1.165, 1.54) is 27.5 Å². The summed E-state index contributed by atoms with van der Waals surface area (Å²) in [4.78, 5) is 0. The molecule has 0 aliphatic rings. The quantitative estimate of drug-likeness (QED) is 0.472. The monoisotopic (exact) mass is 358 g/mol. The van der Waals surface area contributed by atoms with Crippen LogP contribution in [-0.2, 0) is 6.42 Å². The SMILES string of the molecule is Cc1ccc(Br)cc1C(Cl)Cc1cccc2ccccc12. The molecule has 0 aromatic heterocycles. The van der Waals surface area contributed by atoms with Gasteiger partial charge in [0.15, 0.2) is 0 Å². The Labute approximate surface area is 138 Å². The lowest BCUT2D eigenvalue weighted by Gasteiger charge is -2.15. The van der Waals surface area contributed by atoms with Gasteiger partial charge in [-0.2, -0.15) is 0 Å². The number of benzene rings is 3. The summed E-state index contributed by atoms with van der Waals surface area (Å²) in [5.41, 5.74) is 3.73. The molecule has 3 aromatic rings. The van der Waals surface area contributed by atoms with Crippen molar-refractivity contribution >= 4 is 38.3 Å². The van der Waals surface area contributed by atoms with Crippen molar-refractivity contribution in [2.24, 2.45) is 0 Å². The number of fused-ring (bicyclic) bond motifs is 1. The van der Waals surface area contributed by atoms with Gasteiger partial charge in [0.2, 0.25) is 0 Å². The number of halogens is 2. The zero-order valence-electron chi connectivity index (χ0n) is 11.8. The highest BCUT2D eigenvalue weighted by atomic mass is 79.9. The topological polar surface area (TPSA) is 0 Å². The Morgan fingerprint density at radius 2 is 1.76 bits per heavy atom. The molecule has 0 amide bonds. The molecule has 21 heavy (non-hydrogen) atoms. The molecule has 0 fully saturated rings. The van der Waals surface area contributed by atoms with Crippen LogP contribution in [0, 0.1) is 6.92 Å². The minimum absolute atomic E-state index is 0.0201. The molecule has 0 heterocycles. The maximum absolute atomic E-state index is 6.70. The second-order valence-electron chi connectivity index (χ2n) is 5.31. The minimum atomic E-state index is -0.0201. The molecule has 0 radical (unpaired) electrons. The average Bonchev–Trinajstić information content (AvgIpc) is 2.50. The summed E-state index contributed by atoms with van der Waals surface area (Å²) in [5.74, 6) is 0. The van der Waals surface area contributed by atoms with Gasteiger partial charge in [0.1, 0.15) is 0 Å². The van der Waals surface area contributed by atoms with Gasteiger partial charge in [-0.05, 0) is 52.9 Å². The third kappa shape index (κ3) is 3.14. The summed E-state index contributed by atoms with van der Waals surface area (Å²) >= 11 is 10.2. The number of aryl methyl sites for hydroxylation is 1. The van der Waals surface area contributed by atoms with Gasteiger partial charge in [0.25, 0.3) is 0 Å². The van der Waals surface area contributed by atoms with Crippen molar-refractivity contribution in [3.63, 3.8) is 0 Å². The van der Waals surface area contributed by atoms with Gasteiger partial charge < -0.3 is 0 Å². The number of hydrogen-bond acceptors (Lipinski definition) is 0. The van der Waals surface area contributed by atoms with Gasteiger partial charge in [-0.1, -0.05) is 64.5 Å². The average molecular weight is 360 g/mol. The Balaban J connectivity index is 1.96. The Kier molecular flexibility index (Phi) is 4.32. The molecule has 3 aromatic carbocycles. The molecule has 3 rings (SSSR count). The van der Waals surface area contributed by atoms with Gasteiger partial charge in [-0.15, -0.1) is 11.6 Å². The molecule has 0 aliphatic carbocycles. The first-order chi connectivity index (χ1) is 10.1. The summed E-state index contributed by atoms with van der Waals surface area (Å²) < 4.78 is 1.08. The highest BCUT2D eigenvalue weighted by Crippen LogP contribution is 2.32. The Hall–Kier alpha value is -1.31. The molecular weight excluding hydrogens is 344 g/mol. The number of alkyl halides is 1. The van der Waals surface area contributed by atoms with Gasteiger partial charge in [-0.3, -0.25) is 0 Å². The minimum Gasteiger partial charge on any atom is -0.117 e. The molecule has 1 unspecified atom stereocenters. The fourth-order valence-corrected chi connectivity index (χ4v) is 3.50. The van der Waals surface area contributed by atoms with Gasteiger partial charge >= 0.3 is 0 Å². The summed E-state index contributed by atoms with van der Waals surface area (Å²) in [5, 5.41) is 2.54. The molecule has 0 N–H and O–H groups in total. The van der Waals surface area contributed by atoms with E-state index in [0.29, 0.717) is 0 Å². The van der Waals surface area contributed by atoms with Crippen molar-refractivity contribution in [3.8, 4) is 0 Å². The van der Waals surface area contributed by atoms with Crippen molar-refractivity contribution in [1.29, 1.82) is 0 Å². The molecule has 0 spiro atoms. The van der Waals surface area contributed by atoms with Crippen LogP contribution in [-0.4, -0.2) is 0 Å². The number of rotatable bonds is 3. The predicted molar refractivity (Wildman–Crippen MR) is 95.1 cm³/mol. The van der Waals surface area contributed by atoms with Crippen LogP contribution in [0.15, 0.2) is 65.1 Å². The fourth-order valence-electron chi connectivity index (χ4n) is 2.72. The highest BCUT2D eigenvalue weighted by molar-refractivity contribution is 9.10. The Morgan fingerprint density at radius 1 is 1.00 bits per heavy atom. The molecule has 1 atom stereocenters. The first-order valence-corrected chi connectivity index (χ1v) is 8.25. The Morgan fingerprint density at radius 3 is 2.62 bits per heavy atom. The molecule has 0 bridgehead atoms. The van der Waals surface area contributed by atoms with E-state index in [1.807, 2.05) is 0 Å². The van der Waals surface area contributed by atoms with E-state index in [2.05, 4.69) is 83.5 Å². The maximum atomic E-state index is 6.70. The summed E-state index contributed by atoms with van der Waals surface area (Å²) in [6.07, 6.45) is 0.834. The lowest BCUT2D eigenvalue weighted by Crippen LogP contribution is -1.99. The van der Waals surface area contributed by atoms with Crippen molar-refractivity contribution < 1.29 is 0 Å². The van der Waals surface area contributed by atoms with Crippen LogP contribution < -0.4 is 0 Å². The summed E-state index contributed by atoms with van der Waals surface area (Å²) in [6, 6.07) is 21.2. The van der Waals surface area contributed by atoms with Gasteiger partial charge in [0, 0.05) is 4.47 Å². The molecule has 0 aliphatic heterocycles. The smallest absolute Gasteiger partial charge is 0.0628 e. The standard InChI is InChI=1S/C19H16BrCl/c1-13-9-10-16(20)12-18(13)19(21)11-15-7-4-6-14-5-2-3-8-17(14)15/h2-10,12,19H,11H2,1H3. The van der Waals surface area contributed by atoms with E-state index >= 15 is 0 Å². The largest absolute Gasteiger partial charge is 0.117 e. The van der Waals surface area contributed by atoms with Crippen molar-refractivity contribution in [2.45, 2.75) is 18.7 Å². The summed E-state index contributed by atoms with van der Waals surface area (Å²) in [7, 11) is 0. The van der Waals surface area contributed by atoms with Crippen LogP contribution in [0.3, 0.4) is 0 Å². The van der Waals surface area contributed by atoms with Crippen molar-refractivity contribution in [2.75, 3.05) is 0 Å². The van der Waals surface area contributed by atoms with Crippen LogP contribution in [0.2, 0.25) is 0 Å². The van der Waals surface area contributed by atoms with E-state index in [9.17, 15) is 0 Å². The van der Waals surface area contributed by atoms with Crippen molar-refractivity contribution in [3.05, 3.63) is 81.8 Å². The first-order valence-electron chi connectivity index (χ1n) is 7.02. The molecule has 106 valence electrons. The predicted octanol–water partition coefficient (Wildman–Crippen LogP) is 6.43. The van der Waals surface area contributed by atoms with E-state index in [4.69, 9.17) is 11.6 Å². The third-order valence-corrected chi connectivity index (χ3v) is 4.74. The van der Waals surface area contributed by atoms with E-state index in [1.54, 1.807) is 0 Å². The lowest BCUT2D eigenvalue weighted by molar-refractivity contribution is 0.916. The lowest BCUT2D eigenvalue weighted by atomic mass is 9.96. The summed E-state index contributed by atoms with van der Waals surface area (Å²) in [6.45, 7) is 2.11. The fraction of sp³-hybridized carbons (Fsp3) is 0.158. The molecule has 2 heteroatoms. The molecule has 0 nitrogen and oxygen atoms in total. The van der Waals surface area contributed by atoms with E-state index in [-0.39, 0.29) is 5.38 Å². The van der Waals surface area contributed by atoms with E-state index in [0.717, 1.165) is 10.9 Å². The van der Waals surface area contributed by atoms with Crippen LogP contribution >= 0.6 is 27.5 Å². The highest BCUT2D eigenvalue weighted by Gasteiger charge is 2.13. The second-order valence-corrected chi connectivity index (χ2v) is 6.75. The zero-order chi connectivity index (χ0) is 14.8. The normalized spacial score (nSPS) is 12.5. The maximum Gasteiger partial charge on any atom is 0.0628 e. The molecule has 0 saturated carbocycles. The van der Waals surface area contributed by atoms with Crippen LogP contribution in [0.25, 0.3) is 10.8 Å². The first kappa shape index (κ1) is 14.6. The van der Waals surface area contributed by atoms with Crippen LogP contribution in [0.5, 0.6) is 0 Å². The van der Waals surface area contributed by atoms with Gasteiger partial charge in [-0.25, -0.2) is 0 Å². The molecular formula is C19H16BrCl. The molecule has 0 saturated heterocycles. The Bertz CT molecular complexity index is 774. The van der Waals surface area contributed by atoms with Crippen LogP contribution in [0.4, 0.5) is 0 Å². The van der Waals surface area contributed by atoms with Crippen molar-refractivity contribution in [1.82, 2.24) is 0 Å². The van der Waals surface area contributed by atoms with Gasteiger partial charge in [0.05, 0.1) is 5.38 Å².